The number of nitrogens with one attached hydrogen (secondary N) is 1. The number of hydrogen-bond acceptors (Lipinski definition) is 3. The summed E-state index contributed by atoms with van der Waals surface area (Å²) in [7, 11) is -3.98. The molecule has 3 N–H and O–H groups in total. The third kappa shape index (κ3) is 3.72. The van der Waals surface area contributed by atoms with E-state index in [-0.39, 0.29) is 26.8 Å². The number of amides is 1. The van der Waals surface area contributed by atoms with Gasteiger partial charge in [0.05, 0.1) is 10.0 Å². The van der Waals surface area contributed by atoms with Gasteiger partial charge in [-0.3, -0.25) is 4.79 Å². The van der Waals surface area contributed by atoms with Gasteiger partial charge in [-0.05, 0) is 49.3 Å². The number of benzene rings is 1. The summed E-state index contributed by atoms with van der Waals surface area (Å²) in [6.07, 6.45) is 5.93. The van der Waals surface area contributed by atoms with E-state index in [2.05, 4.69) is 5.32 Å². The first-order valence-electron chi connectivity index (χ1n) is 8.07. The number of fused-ring (bicyclic) bond motifs is 1. The van der Waals surface area contributed by atoms with Crippen LogP contribution in [0.5, 0.6) is 0 Å². The Balaban J connectivity index is 1.80. The molecule has 1 aliphatic heterocycles. The molecule has 3 unspecified atom stereocenters. The molecule has 1 saturated carbocycles. The lowest BCUT2D eigenvalue weighted by Crippen LogP contribution is -2.51. The molecule has 2 fully saturated rings. The maximum atomic E-state index is 12.4. The van der Waals surface area contributed by atoms with Crippen molar-refractivity contribution >= 4 is 39.1 Å². The van der Waals surface area contributed by atoms with E-state index >= 15 is 0 Å². The Kier molecular flexibility index (Phi) is 5.12. The van der Waals surface area contributed by atoms with Gasteiger partial charge in [0.1, 0.15) is 4.90 Å². The van der Waals surface area contributed by atoms with Crippen LogP contribution in [0.4, 0.5) is 0 Å². The van der Waals surface area contributed by atoms with Gasteiger partial charge in [0.25, 0.3) is 0 Å². The number of halogens is 2. The minimum Gasteiger partial charge on any atom is -0.353 e. The van der Waals surface area contributed by atoms with Gasteiger partial charge in [-0.2, -0.15) is 0 Å². The number of hydrogen-bond donors (Lipinski definition) is 2. The van der Waals surface area contributed by atoms with Gasteiger partial charge >= 0.3 is 0 Å². The number of carbonyl (C=O) groups is 1. The van der Waals surface area contributed by atoms with E-state index in [1.165, 1.54) is 25.0 Å². The quantitative estimate of drug-likeness (QED) is 0.830. The Hall–Kier alpha value is -0.820. The molecule has 0 spiro atoms. The highest BCUT2D eigenvalue weighted by molar-refractivity contribution is 7.89. The van der Waals surface area contributed by atoms with Crippen molar-refractivity contribution in [1.82, 2.24) is 5.32 Å². The Morgan fingerprint density at radius 2 is 1.79 bits per heavy atom. The standard InChI is InChI=1S/C16H20Cl2N2O3S/c17-12-6-9(7-13(18)15(12)24(19,22)23)5-11-8-10-3-1-2-4-14(10)20-16(11)21/h6-7,10-11,14H,1-5,8H2,(H,20,21)(H2,19,22,23). The molecule has 1 aliphatic carbocycles. The lowest BCUT2D eigenvalue weighted by atomic mass is 9.74. The number of nitrogens with two attached hydrogens (primary N) is 1. The van der Waals surface area contributed by atoms with Crippen LogP contribution >= 0.6 is 23.2 Å². The number of carbonyl (C=O) groups excluding carboxylic acids is 1. The fraction of sp³-hybridized carbons (Fsp3) is 0.562. The summed E-state index contributed by atoms with van der Waals surface area (Å²) in [4.78, 5) is 12.1. The SMILES string of the molecule is NS(=O)(=O)c1c(Cl)cc(CC2CC3CCCCC3NC2=O)cc1Cl. The molecule has 2 aliphatic rings. The molecular weight excluding hydrogens is 371 g/mol. The van der Waals surface area contributed by atoms with E-state index in [4.69, 9.17) is 28.3 Å². The van der Waals surface area contributed by atoms with Crippen molar-refractivity contribution in [3.05, 3.63) is 27.7 Å². The predicted molar refractivity (Wildman–Crippen MR) is 93.5 cm³/mol. The van der Waals surface area contributed by atoms with Crippen LogP contribution < -0.4 is 10.5 Å². The highest BCUT2D eigenvalue weighted by atomic mass is 35.5. The first kappa shape index (κ1) is 18.0. The lowest BCUT2D eigenvalue weighted by molar-refractivity contribution is -0.129. The van der Waals surface area contributed by atoms with Gasteiger partial charge in [-0.1, -0.05) is 36.0 Å². The summed E-state index contributed by atoms with van der Waals surface area (Å²) >= 11 is 12.1. The second-order valence-electron chi connectivity index (χ2n) is 6.73. The molecule has 3 atom stereocenters. The molecule has 1 saturated heterocycles. The Morgan fingerprint density at radius 1 is 1.17 bits per heavy atom. The molecule has 1 amide bonds. The van der Waals surface area contributed by atoms with Crippen LogP contribution in [0.3, 0.4) is 0 Å². The van der Waals surface area contributed by atoms with E-state index in [9.17, 15) is 13.2 Å². The average molecular weight is 391 g/mol. The second-order valence-corrected chi connectivity index (χ2v) is 9.04. The first-order chi connectivity index (χ1) is 11.3. The van der Waals surface area contributed by atoms with Gasteiger partial charge in [0.2, 0.25) is 15.9 Å². The largest absolute Gasteiger partial charge is 0.353 e. The number of primary sulfonamides is 1. The van der Waals surface area contributed by atoms with Gasteiger partial charge < -0.3 is 5.32 Å². The van der Waals surface area contributed by atoms with Crippen molar-refractivity contribution in [3.8, 4) is 0 Å². The van der Waals surface area contributed by atoms with Crippen LogP contribution in [0.1, 0.15) is 37.7 Å². The molecule has 0 radical (unpaired) electrons. The van der Waals surface area contributed by atoms with E-state index in [0.717, 1.165) is 24.8 Å². The first-order valence-corrected chi connectivity index (χ1v) is 10.4. The zero-order valence-corrected chi connectivity index (χ0v) is 15.4. The highest BCUT2D eigenvalue weighted by Crippen LogP contribution is 2.36. The molecule has 132 valence electrons. The fourth-order valence-corrected chi connectivity index (χ4v) is 5.75. The summed E-state index contributed by atoms with van der Waals surface area (Å²) in [6.45, 7) is 0. The smallest absolute Gasteiger partial charge is 0.241 e. The Bertz CT molecular complexity index is 744. The highest BCUT2D eigenvalue weighted by Gasteiger charge is 2.36. The molecule has 3 rings (SSSR count). The molecule has 1 aromatic carbocycles. The molecule has 0 aromatic heterocycles. The van der Waals surface area contributed by atoms with Crippen LogP contribution in [0.25, 0.3) is 0 Å². The van der Waals surface area contributed by atoms with Gasteiger partial charge in [-0.25, -0.2) is 13.6 Å². The average Bonchev–Trinajstić information content (AvgIpc) is 2.45. The maximum Gasteiger partial charge on any atom is 0.241 e. The second kappa shape index (κ2) is 6.83. The summed E-state index contributed by atoms with van der Waals surface area (Å²) in [6, 6.07) is 3.38. The number of piperidine rings is 1. The van der Waals surface area contributed by atoms with E-state index in [1.54, 1.807) is 0 Å². The van der Waals surface area contributed by atoms with Crippen LogP contribution in [-0.4, -0.2) is 20.4 Å². The molecule has 1 heterocycles. The Morgan fingerprint density at radius 3 is 2.42 bits per heavy atom. The third-order valence-electron chi connectivity index (χ3n) is 5.02. The van der Waals surface area contributed by atoms with Gasteiger partial charge in [-0.15, -0.1) is 0 Å². The molecule has 0 bridgehead atoms. The maximum absolute atomic E-state index is 12.4. The van der Waals surface area contributed by atoms with E-state index < -0.39 is 10.0 Å². The van der Waals surface area contributed by atoms with Crippen LogP contribution in [-0.2, 0) is 21.2 Å². The van der Waals surface area contributed by atoms with Gasteiger partial charge in [0, 0.05) is 12.0 Å². The summed E-state index contributed by atoms with van der Waals surface area (Å²) in [5, 5.41) is 8.24. The third-order valence-corrected chi connectivity index (χ3v) is 6.85. The van der Waals surface area contributed by atoms with Crippen molar-refractivity contribution < 1.29 is 13.2 Å². The van der Waals surface area contributed by atoms with Crippen molar-refractivity contribution in [2.24, 2.45) is 17.0 Å². The number of rotatable bonds is 3. The Labute approximate surface area is 151 Å². The summed E-state index contributed by atoms with van der Waals surface area (Å²) in [5.41, 5.74) is 0.742. The summed E-state index contributed by atoms with van der Waals surface area (Å²) in [5.74, 6) is 0.439. The molecule has 8 heteroatoms. The van der Waals surface area contributed by atoms with E-state index in [0.29, 0.717) is 18.4 Å². The van der Waals surface area contributed by atoms with Gasteiger partial charge in [0.15, 0.2) is 0 Å². The van der Waals surface area contributed by atoms with Crippen LogP contribution in [0.2, 0.25) is 10.0 Å². The fourth-order valence-electron chi connectivity index (χ4n) is 3.92. The van der Waals surface area contributed by atoms with Crippen molar-refractivity contribution in [3.63, 3.8) is 0 Å². The zero-order valence-electron chi connectivity index (χ0n) is 13.1. The van der Waals surface area contributed by atoms with Crippen molar-refractivity contribution in [1.29, 1.82) is 0 Å². The topological polar surface area (TPSA) is 89.3 Å². The monoisotopic (exact) mass is 390 g/mol. The minimum atomic E-state index is -3.98. The molecular formula is C16H20Cl2N2O3S. The predicted octanol–water partition coefficient (Wildman–Crippen LogP) is 2.88. The van der Waals surface area contributed by atoms with Crippen LogP contribution in [0, 0.1) is 11.8 Å². The van der Waals surface area contributed by atoms with Crippen LogP contribution in [0.15, 0.2) is 17.0 Å². The number of sulfonamides is 1. The lowest BCUT2D eigenvalue weighted by Gasteiger charge is -2.39. The van der Waals surface area contributed by atoms with Crippen molar-refractivity contribution in [2.45, 2.75) is 49.5 Å². The normalized spacial score (nSPS) is 27.5. The molecule has 1 aromatic rings. The minimum absolute atomic E-state index is 0.00763. The molecule has 5 nitrogen and oxygen atoms in total. The van der Waals surface area contributed by atoms with Crippen molar-refractivity contribution in [2.75, 3.05) is 0 Å². The summed E-state index contributed by atoms with van der Waals surface area (Å²) < 4.78 is 23.1. The zero-order chi connectivity index (χ0) is 17.5. The van der Waals surface area contributed by atoms with E-state index in [1.807, 2.05) is 0 Å². The molecule has 24 heavy (non-hydrogen) atoms.